The number of aromatic nitrogens is 1. The van der Waals surface area contributed by atoms with Crippen molar-refractivity contribution in [3.05, 3.63) is 150 Å². The SMILES string of the molecule is CC(Cc1ccccc1)C(=O)O.O=C(O)C(SC(C(=O)O)c1ccccc1)c1ccccc1.O=C(O)c1cc2ccccn2c1. The number of benzene rings is 3. The van der Waals surface area contributed by atoms with E-state index in [1.807, 2.05) is 54.7 Å². The van der Waals surface area contributed by atoms with E-state index >= 15 is 0 Å². The first kappa shape index (κ1) is 34.1. The summed E-state index contributed by atoms with van der Waals surface area (Å²) in [6.45, 7) is 1.72. The van der Waals surface area contributed by atoms with E-state index in [1.165, 1.54) is 0 Å². The fourth-order valence-electron chi connectivity index (χ4n) is 4.18. The molecule has 3 atom stereocenters. The minimum absolute atomic E-state index is 0.299. The Labute approximate surface area is 264 Å². The highest BCUT2D eigenvalue weighted by molar-refractivity contribution is 8.01. The highest BCUT2D eigenvalue weighted by Gasteiger charge is 2.30. The van der Waals surface area contributed by atoms with E-state index in [-0.39, 0.29) is 5.92 Å². The lowest BCUT2D eigenvalue weighted by molar-refractivity contribution is -0.141. The zero-order valence-electron chi connectivity index (χ0n) is 24.3. The fraction of sp³-hybridized carbons (Fsp3) is 0.143. The van der Waals surface area contributed by atoms with Gasteiger partial charge in [-0.1, -0.05) is 104 Å². The largest absolute Gasteiger partial charge is 0.481 e. The van der Waals surface area contributed by atoms with Crippen LogP contribution in [0.2, 0.25) is 0 Å². The summed E-state index contributed by atoms with van der Waals surface area (Å²) in [4.78, 5) is 44.0. The van der Waals surface area contributed by atoms with Crippen LogP contribution < -0.4 is 0 Å². The maximum absolute atomic E-state index is 11.5. The molecule has 232 valence electrons. The number of hydrogen-bond acceptors (Lipinski definition) is 5. The molecule has 5 aromatic rings. The lowest BCUT2D eigenvalue weighted by Crippen LogP contribution is -2.15. The topological polar surface area (TPSA) is 154 Å². The number of thioether (sulfide) groups is 1. The van der Waals surface area contributed by atoms with Crippen molar-refractivity contribution in [2.45, 2.75) is 23.8 Å². The summed E-state index contributed by atoms with van der Waals surface area (Å²) in [5.41, 5.74) is 3.46. The number of rotatable bonds is 10. The Morgan fingerprint density at radius 2 is 1.11 bits per heavy atom. The molecule has 3 unspecified atom stereocenters. The molecule has 5 rings (SSSR count). The molecule has 3 aromatic carbocycles. The Balaban J connectivity index is 0.000000197. The van der Waals surface area contributed by atoms with Gasteiger partial charge >= 0.3 is 23.9 Å². The molecule has 10 heteroatoms. The molecule has 0 saturated heterocycles. The van der Waals surface area contributed by atoms with Crippen LogP contribution in [0.1, 0.15) is 44.5 Å². The third-order valence-corrected chi connectivity index (χ3v) is 7.98. The van der Waals surface area contributed by atoms with Crippen LogP contribution in [0.5, 0.6) is 0 Å². The van der Waals surface area contributed by atoms with Gasteiger partial charge in [0.15, 0.2) is 0 Å². The van der Waals surface area contributed by atoms with Gasteiger partial charge in [0.1, 0.15) is 10.5 Å². The molecule has 0 radical (unpaired) electrons. The first-order valence-electron chi connectivity index (χ1n) is 13.8. The predicted octanol–water partition coefficient (Wildman–Crippen LogP) is 6.96. The third-order valence-electron chi connectivity index (χ3n) is 6.48. The van der Waals surface area contributed by atoms with Gasteiger partial charge in [0.2, 0.25) is 0 Å². The monoisotopic (exact) mass is 627 g/mol. The molecule has 0 spiro atoms. The molecule has 0 saturated carbocycles. The molecule has 4 N–H and O–H groups in total. The van der Waals surface area contributed by atoms with E-state index in [9.17, 15) is 29.4 Å². The van der Waals surface area contributed by atoms with Crippen LogP contribution in [-0.2, 0) is 20.8 Å². The summed E-state index contributed by atoms with van der Waals surface area (Å²) in [5.74, 6) is -4.02. The Bertz CT molecular complexity index is 1600. The molecular formula is C35H33NO8S. The predicted molar refractivity (Wildman–Crippen MR) is 173 cm³/mol. The summed E-state index contributed by atoms with van der Waals surface area (Å²) in [6, 6.07) is 34.2. The van der Waals surface area contributed by atoms with Gasteiger partial charge in [-0.15, -0.1) is 11.8 Å². The molecule has 0 aliphatic rings. The molecule has 2 heterocycles. The molecule has 0 aliphatic heterocycles. The first-order valence-corrected chi connectivity index (χ1v) is 14.8. The van der Waals surface area contributed by atoms with Gasteiger partial charge in [0.05, 0.1) is 11.5 Å². The fourth-order valence-corrected chi connectivity index (χ4v) is 5.31. The normalized spacial score (nSPS) is 12.3. The number of carboxylic acids is 4. The Morgan fingerprint density at radius 3 is 1.53 bits per heavy atom. The summed E-state index contributed by atoms with van der Waals surface area (Å²) >= 11 is 0.913. The van der Waals surface area contributed by atoms with Crippen LogP contribution in [0.25, 0.3) is 5.52 Å². The number of fused-ring (bicyclic) bond motifs is 1. The van der Waals surface area contributed by atoms with Gasteiger partial charge in [-0.25, -0.2) is 4.79 Å². The van der Waals surface area contributed by atoms with Crippen molar-refractivity contribution in [3.63, 3.8) is 0 Å². The van der Waals surface area contributed by atoms with Crippen LogP contribution in [0, 0.1) is 5.92 Å². The Hall–Kier alpha value is -5.35. The minimum atomic E-state index is -1.05. The van der Waals surface area contributed by atoms with Crippen molar-refractivity contribution in [2.24, 2.45) is 5.92 Å². The summed E-state index contributed by atoms with van der Waals surface area (Å²) in [5, 5.41) is 34.2. The Morgan fingerprint density at radius 1 is 0.644 bits per heavy atom. The van der Waals surface area contributed by atoms with Crippen molar-refractivity contribution in [2.75, 3.05) is 0 Å². The zero-order valence-corrected chi connectivity index (χ0v) is 25.2. The molecule has 0 fully saturated rings. The lowest BCUT2D eigenvalue weighted by Gasteiger charge is -2.18. The average Bonchev–Trinajstić information content (AvgIpc) is 3.48. The third kappa shape index (κ3) is 10.7. The number of carbonyl (C=O) groups is 4. The van der Waals surface area contributed by atoms with E-state index < -0.39 is 34.4 Å². The number of nitrogens with zero attached hydrogens (tertiary/aromatic N) is 1. The second-order valence-corrected chi connectivity index (χ2v) is 11.1. The van der Waals surface area contributed by atoms with E-state index in [0.29, 0.717) is 23.1 Å². The van der Waals surface area contributed by atoms with E-state index in [2.05, 4.69) is 0 Å². The van der Waals surface area contributed by atoms with Gasteiger partial charge in [-0.2, -0.15) is 0 Å². The van der Waals surface area contributed by atoms with E-state index in [0.717, 1.165) is 22.8 Å². The smallest absolute Gasteiger partial charge is 0.337 e. The highest BCUT2D eigenvalue weighted by atomic mass is 32.2. The van der Waals surface area contributed by atoms with Crippen LogP contribution in [0.3, 0.4) is 0 Å². The highest BCUT2D eigenvalue weighted by Crippen LogP contribution is 2.40. The molecule has 0 amide bonds. The zero-order chi connectivity index (χ0) is 32.8. The second kappa shape index (κ2) is 17.1. The molecular weight excluding hydrogens is 594 g/mol. The van der Waals surface area contributed by atoms with Crippen LogP contribution in [0.15, 0.2) is 128 Å². The van der Waals surface area contributed by atoms with E-state index in [1.54, 1.807) is 84.3 Å². The number of carboxylic acid groups (broad SMARTS) is 4. The van der Waals surface area contributed by atoms with Gasteiger partial charge in [0.25, 0.3) is 0 Å². The molecule has 0 aliphatic carbocycles. The van der Waals surface area contributed by atoms with Crippen molar-refractivity contribution in [1.82, 2.24) is 4.40 Å². The van der Waals surface area contributed by atoms with E-state index in [4.69, 9.17) is 10.2 Å². The number of aromatic carboxylic acids is 1. The molecule has 0 bridgehead atoms. The second-order valence-electron chi connectivity index (χ2n) is 9.89. The maximum atomic E-state index is 11.5. The standard InChI is InChI=1S/C16H14O4S.C10H12O2.C9H7NO2/c17-15(18)13(11-7-3-1-4-8-11)21-14(16(19)20)12-9-5-2-6-10-12;1-8(10(11)12)7-9-5-3-2-4-6-9;11-9(12)7-5-8-3-1-2-4-10(8)6-7/h1-10,13-14H,(H,17,18)(H,19,20);2-6,8H,7H2,1H3,(H,11,12);1-6H,(H,11,12). The quantitative estimate of drug-likeness (QED) is 0.129. The number of aliphatic carboxylic acids is 3. The number of pyridine rings is 1. The van der Waals surface area contributed by atoms with Crippen LogP contribution in [0.4, 0.5) is 0 Å². The van der Waals surface area contributed by atoms with Gasteiger partial charge in [0, 0.05) is 17.9 Å². The van der Waals surface area contributed by atoms with Gasteiger partial charge in [-0.3, -0.25) is 14.4 Å². The molecule has 2 aromatic heterocycles. The lowest BCUT2D eigenvalue weighted by atomic mass is 10.0. The van der Waals surface area contributed by atoms with Crippen LogP contribution >= 0.6 is 11.8 Å². The van der Waals surface area contributed by atoms with Crippen molar-refractivity contribution in [1.29, 1.82) is 0 Å². The molecule has 9 nitrogen and oxygen atoms in total. The van der Waals surface area contributed by atoms with Gasteiger partial charge in [-0.05, 0) is 41.3 Å². The van der Waals surface area contributed by atoms with Crippen molar-refractivity contribution >= 4 is 41.2 Å². The first-order chi connectivity index (χ1) is 21.6. The van der Waals surface area contributed by atoms with Crippen LogP contribution in [-0.4, -0.2) is 48.7 Å². The van der Waals surface area contributed by atoms with Gasteiger partial charge < -0.3 is 24.8 Å². The average molecular weight is 628 g/mol. The van der Waals surface area contributed by atoms with Crippen molar-refractivity contribution in [3.8, 4) is 0 Å². The van der Waals surface area contributed by atoms with Crippen molar-refractivity contribution < 1.29 is 39.6 Å². The number of hydrogen-bond donors (Lipinski definition) is 4. The summed E-state index contributed by atoms with van der Waals surface area (Å²) in [6.07, 6.45) is 4.02. The summed E-state index contributed by atoms with van der Waals surface area (Å²) < 4.78 is 1.78. The maximum Gasteiger partial charge on any atom is 0.337 e. The Kier molecular flexibility index (Phi) is 13.0. The summed E-state index contributed by atoms with van der Waals surface area (Å²) in [7, 11) is 0. The molecule has 45 heavy (non-hydrogen) atoms. The minimum Gasteiger partial charge on any atom is -0.481 e.